The number of nitrogens with one attached hydrogen (secondary N) is 1. The number of aryl methyl sites for hydroxylation is 1. The average molecular weight is 120 g/mol. The van der Waals surface area contributed by atoms with Crippen LogP contribution in [0.5, 0.6) is 0 Å². The first kappa shape index (κ1) is 5.03. The molecule has 0 unspecified atom stereocenters. The first-order valence-electron chi connectivity index (χ1n) is 3.23. The summed E-state index contributed by atoms with van der Waals surface area (Å²) < 4.78 is 0. The molecule has 1 aromatic rings. The van der Waals surface area contributed by atoms with E-state index in [0.29, 0.717) is 0 Å². The number of rotatable bonds is 0. The van der Waals surface area contributed by atoms with Crippen molar-refractivity contribution in [2.24, 2.45) is 0 Å². The molecule has 0 fully saturated rings. The van der Waals surface area contributed by atoms with Gasteiger partial charge in [0, 0.05) is 17.7 Å². The minimum absolute atomic E-state index is 1.09. The van der Waals surface area contributed by atoms with Crippen molar-refractivity contribution in [2.75, 3.05) is 0 Å². The van der Waals surface area contributed by atoms with E-state index in [2.05, 4.69) is 16.6 Å². The molecule has 0 saturated carbocycles. The molecule has 2 heteroatoms. The van der Waals surface area contributed by atoms with E-state index < -0.39 is 0 Å². The third-order valence-electron chi connectivity index (χ3n) is 1.64. The number of aromatic nitrogens is 2. The zero-order valence-corrected chi connectivity index (χ0v) is 5.15. The lowest BCUT2D eigenvalue weighted by atomic mass is 9.99. The molecule has 0 bridgehead atoms. The third kappa shape index (κ3) is 0.745. The average Bonchev–Trinajstić information content (AvgIpc) is 2.33. The van der Waals surface area contributed by atoms with Crippen LogP contribution in [0.2, 0.25) is 0 Å². The van der Waals surface area contributed by atoms with E-state index in [4.69, 9.17) is 0 Å². The Morgan fingerprint density at radius 1 is 1.67 bits per heavy atom. The monoisotopic (exact) mass is 120 g/mol. The van der Waals surface area contributed by atoms with E-state index in [0.717, 1.165) is 12.8 Å². The van der Waals surface area contributed by atoms with Gasteiger partial charge in [0.25, 0.3) is 0 Å². The van der Waals surface area contributed by atoms with Crippen molar-refractivity contribution in [1.82, 2.24) is 10.2 Å². The van der Waals surface area contributed by atoms with Crippen molar-refractivity contribution in [3.63, 3.8) is 0 Å². The van der Waals surface area contributed by atoms with Crippen molar-refractivity contribution in [2.45, 2.75) is 19.3 Å². The van der Waals surface area contributed by atoms with Gasteiger partial charge in [0.05, 0.1) is 6.20 Å². The van der Waals surface area contributed by atoms with Crippen LogP contribution in [0.1, 0.15) is 24.1 Å². The summed E-state index contributed by atoms with van der Waals surface area (Å²) >= 11 is 0. The van der Waals surface area contributed by atoms with Crippen LogP contribution in [0, 0.1) is 6.42 Å². The summed E-state index contributed by atoms with van der Waals surface area (Å²) in [5.74, 6) is 0. The normalized spacial score (nSPS) is 17.3. The molecule has 2 radical (unpaired) electrons. The molecule has 0 saturated heterocycles. The highest BCUT2D eigenvalue weighted by molar-refractivity contribution is 5.26. The van der Waals surface area contributed by atoms with E-state index >= 15 is 0 Å². The molecule has 1 aliphatic rings. The highest BCUT2D eigenvalue weighted by atomic mass is 15.1. The van der Waals surface area contributed by atoms with E-state index in [1.165, 1.54) is 17.7 Å². The molecule has 0 amide bonds. The van der Waals surface area contributed by atoms with E-state index in [-0.39, 0.29) is 0 Å². The molecule has 9 heavy (non-hydrogen) atoms. The molecule has 0 spiro atoms. The maximum absolute atomic E-state index is 3.92. The fourth-order valence-corrected chi connectivity index (χ4v) is 1.14. The highest BCUT2D eigenvalue weighted by Gasteiger charge is 2.09. The number of aromatic amines is 1. The number of hydrogen-bond acceptors (Lipinski definition) is 1. The Labute approximate surface area is 54.3 Å². The number of hydrogen-bond donors (Lipinski definition) is 1. The maximum atomic E-state index is 3.92. The largest absolute Gasteiger partial charge is 0.282 e. The Hall–Kier alpha value is -0.790. The van der Waals surface area contributed by atoms with Gasteiger partial charge in [-0.25, -0.2) is 0 Å². The van der Waals surface area contributed by atoms with Crippen LogP contribution >= 0.6 is 0 Å². The summed E-state index contributed by atoms with van der Waals surface area (Å²) in [6.07, 6.45) is 8.54. The van der Waals surface area contributed by atoms with Gasteiger partial charge in [-0.1, -0.05) is 0 Å². The molecule has 1 aliphatic carbocycles. The van der Waals surface area contributed by atoms with Gasteiger partial charge in [-0.3, -0.25) is 5.10 Å². The zero-order valence-electron chi connectivity index (χ0n) is 5.15. The van der Waals surface area contributed by atoms with Crippen LogP contribution in [0.4, 0.5) is 0 Å². The van der Waals surface area contributed by atoms with Crippen LogP contribution in [0.3, 0.4) is 0 Å². The summed E-state index contributed by atoms with van der Waals surface area (Å²) in [4.78, 5) is 0. The molecule has 0 atom stereocenters. The molecule has 2 nitrogen and oxygen atoms in total. The van der Waals surface area contributed by atoms with Crippen LogP contribution in [-0.2, 0) is 6.42 Å². The fourth-order valence-electron chi connectivity index (χ4n) is 1.14. The molecular formula is C7H8N2. The van der Waals surface area contributed by atoms with E-state index in [1.54, 1.807) is 0 Å². The Kier molecular flexibility index (Phi) is 1.04. The van der Waals surface area contributed by atoms with Gasteiger partial charge in [0.15, 0.2) is 0 Å². The molecule has 0 aliphatic heterocycles. The predicted molar refractivity (Wildman–Crippen MR) is 33.9 cm³/mol. The Balaban J connectivity index is 2.39. The van der Waals surface area contributed by atoms with Crippen LogP contribution in [0.25, 0.3) is 0 Å². The number of H-pyrrole nitrogens is 1. The van der Waals surface area contributed by atoms with E-state index in [9.17, 15) is 0 Å². The summed E-state index contributed by atoms with van der Waals surface area (Å²) in [5.41, 5.74) is 2.43. The Morgan fingerprint density at radius 3 is 3.56 bits per heavy atom. The van der Waals surface area contributed by atoms with Crippen molar-refractivity contribution in [1.29, 1.82) is 0 Å². The summed E-state index contributed by atoms with van der Waals surface area (Å²) in [7, 11) is 0. The standard InChI is InChI=1S/C7H8N2/c1-2-4-7-6(3-1)5-8-9-7/h5H,1-2,4H2,(H,8,9). The third-order valence-corrected chi connectivity index (χ3v) is 1.64. The molecular weight excluding hydrogens is 112 g/mol. The molecule has 0 aromatic carbocycles. The Morgan fingerprint density at radius 2 is 2.67 bits per heavy atom. The van der Waals surface area contributed by atoms with Crippen molar-refractivity contribution >= 4 is 0 Å². The zero-order chi connectivity index (χ0) is 6.10. The second kappa shape index (κ2) is 1.87. The summed E-state index contributed by atoms with van der Waals surface area (Å²) in [5, 5.41) is 6.86. The number of nitrogens with zero attached hydrogens (tertiary/aromatic N) is 1. The first-order valence-corrected chi connectivity index (χ1v) is 3.23. The minimum atomic E-state index is 1.09. The predicted octanol–water partition coefficient (Wildman–Crippen LogP) is 1.18. The van der Waals surface area contributed by atoms with Gasteiger partial charge >= 0.3 is 0 Å². The molecule has 46 valence electrons. The van der Waals surface area contributed by atoms with Gasteiger partial charge in [0.2, 0.25) is 0 Å². The molecule has 2 rings (SSSR count). The van der Waals surface area contributed by atoms with Crippen molar-refractivity contribution < 1.29 is 0 Å². The molecule has 1 heterocycles. The van der Waals surface area contributed by atoms with Crippen LogP contribution in [-0.4, -0.2) is 10.2 Å². The SMILES string of the molecule is [C]1CCCc2[nH]ncc21. The van der Waals surface area contributed by atoms with E-state index in [1.807, 2.05) is 6.20 Å². The number of fused-ring (bicyclic) bond motifs is 1. The van der Waals surface area contributed by atoms with Crippen molar-refractivity contribution in [3.8, 4) is 0 Å². The molecule has 1 N–H and O–H groups in total. The van der Waals surface area contributed by atoms with Gasteiger partial charge < -0.3 is 0 Å². The highest BCUT2D eigenvalue weighted by Crippen LogP contribution is 2.19. The lowest BCUT2D eigenvalue weighted by Crippen LogP contribution is -1.97. The second-order valence-corrected chi connectivity index (χ2v) is 2.29. The summed E-state index contributed by atoms with van der Waals surface area (Å²) in [6, 6.07) is 0. The lowest BCUT2D eigenvalue weighted by molar-refractivity contribution is 0.754. The lowest BCUT2D eigenvalue weighted by Gasteiger charge is -2.06. The topological polar surface area (TPSA) is 28.7 Å². The van der Waals surface area contributed by atoms with Gasteiger partial charge in [-0.15, -0.1) is 0 Å². The Bertz CT molecular complexity index is 182. The minimum Gasteiger partial charge on any atom is -0.282 e. The van der Waals surface area contributed by atoms with Crippen LogP contribution < -0.4 is 0 Å². The van der Waals surface area contributed by atoms with Gasteiger partial charge in [-0.2, -0.15) is 5.10 Å². The quantitative estimate of drug-likeness (QED) is 0.547. The molecule has 1 aromatic heterocycles. The van der Waals surface area contributed by atoms with Gasteiger partial charge in [-0.05, 0) is 19.3 Å². The van der Waals surface area contributed by atoms with Gasteiger partial charge in [0.1, 0.15) is 0 Å². The van der Waals surface area contributed by atoms with Crippen LogP contribution in [0.15, 0.2) is 6.20 Å². The summed E-state index contributed by atoms with van der Waals surface area (Å²) in [6.45, 7) is 0. The maximum Gasteiger partial charge on any atom is 0.0528 e. The van der Waals surface area contributed by atoms with Crippen molar-refractivity contribution in [3.05, 3.63) is 23.9 Å². The smallest absolute Gasteiger partial charge is 0.0528 e. The fraction of sp³-hybridized carbons (Fsp3) is 0.429. The first-order chi connectivity index (χ1) is 4.47. The second-order valence-electron chi connectivity index (χ2n) is 2.29.